The van der Waals surface area contributed by atoms with Crippen LogP contribution < -0.4 is 15.0 Å². The molecule has 7 heteroatoms. The molecule has 1 aromatic heterocycles. The summed E-state index contributed by atoms with van der Waals surface area (Å²) in [5, 5.41) is 10.2. The van der Waals surface area contributed by atoms with Gasteiger partial charge in [0.15, 0.2) is 11.5 Å². The maximum absolute atomic E-state index is 12.9. The van der Waals surface area contributed by atoms with Crippen molar-refractivity contribution in [1.82, 2.24) is 9.88 Å². The summed E-state index contributed by atoms with van der Waals surface area (Å²) in [6.07, 6.45) is 0. The molecule has 0 bridgehead atoms. The second-order valence-electron chi connectivity index (χ2n) is 7.02. The molecule has 1 amide bonds. The smallest absolute Gasteiger partial charge is 0.254 e. The van der Waals surface area contributed by atoms with E-state index in [0.29, 0.717) is 41.4 Å². The number of amides is 1. The average molecular weight is 394 g/mol. The van der Waals surface area contributed by atoms with Crippen molar-refractivity contribution >= 4 is 16.8 Å². The van der Waals surface area contributed by atoms with Gasteiger partial charge in [-0.25, -0.2) is 0 Å². The van der Waals surface area contributed by atoms with Crippen molar-refractivity contribution in [2.75, 3.05) is 26.4 Å². The number of benzene rings is 2. The van der Waals surface area contributed by atoms with Gasteiger partial charge in [0, 0.05) is 29.1 Å². The molecule has 0 radical (unpaired) electrons. The van der Waals surface area contributed by atoms with Crippen molar-refractivity contribution in [3.05, 3.63) is 69.5 Å². The maximum atomic E-state index is 12.9. The van der Waals surface area contributed by atoms with Gasteiger partial charge in [-0.3, -0.25) is 9.59 Å². The normalized spacial score (nSPS) is 12.8. The van der Waals surface area contributed by atoms with E-state index in [2.05, 4.69) is 4.98 Å². The molecule has 2 aromatic carbocycles. The molecule has 1 aliphatic rings. The summed E-state index contributed by atoms with van der Waals surface area (Å²) in [6.45, 7) is 2.92. The highest BCUT2D eigenvalue weighted by Crippen LogP contribution is 2.33. The molecule has 0 fully saturated rings. The maximum Gasteiger partial charge on any atom is 0.254 e. The first-order chi connectivity index (χ1) is 14.0. The highest BCUT2D eigenvalue weighted by atomic mass is 16.6. The third kappa shape index (κ3) is 3.95. The van der Waals surface area contributed by atoms with Gasteiger partial charge >= 0.3 is 0 Å². The Morgan fingerprint density at radius 3 is 2.48 bits per heavy atom. The Morgan fingerprint density at radius 1 is 1.10 bits per heavy atom. The number of rotatable bonds is 5. The van der Waals surface area contributed by atoms with E-state index in [1.165, 1.54) is 4.90 Å². The highest BCUT2D eigenvalue weighted by molar-refractivity contribution is 5.94. The summed E-state index contributed by atoms with van der Waals surface area (Å²) in [4.78, 5) is 29.8. The molecule has 0 saturated carbocycles. The number of ether oxygens (including phenoxy) is 2. The summed E-state index contributed by atoms with van der Waals surface area (Å²) < 4.78 is 11.2. The Labute approximate surface area is 167 Å². The number of hydrogen-bond donors (Lipinski definition) is 2. The van der Waals surface area contributed by atoms with Crippen molar-refractivity contribution in [2.24, 2.45) is 0 Å². The van der Waals surface area contributed by atoms with E-state index >= 15 is 0 Å². The van der Waals surface area contributed by atoms with Crippen LogP contribution in [-0.2, 0) is 6.54 Å². The second-order valence-corrected chi connectivity index (χ2v) is 7.02. The van der Waals surface area contributed by atoms with Crippen LogP contribution in [0.2, 0.25) is 0 Å². The number of aryl methyl sites for hydroxylation is 1. The fourth-order valence-corrected chi connectivity index (χ4v) is 3.36. The Bertz CT molecular complexity index is 1100. The molecule has 0 spiro atoms. The Balaban J connectivity index is 1.66. The highest BCUT2D eigenvalue weighted by Gasteiger charge is 2.19. The lowest BCUT2D eigenvalue weighted by molar-refractivity contribution is 0.0707. The predicted octanol–water partition coefficient (Wildman–Crippen LogP) is 2.24. The molecule has 2 heterocycles. The minimum atomic E-state index is -0.283. The molecule has 0 atom stereocenters. The zero-order chi connectivity index (χ0) is 20.4. The van der Waals surface area contributed by atoms with E-state index in [-0.39, 0.29) is 31.2 Å². The standard InChI is InChI=1S/C22H22N2O5/c1-14-2-4-15(5-3-14)22(27)24(6-7-25)13-17-10-16-11-19-20(29-9-8-28-19)12-18(16)23-21(17)26/h2-5,10-12,25H,6-9,13H2,1H3,(H,23,26). The van der Waals surface area contributed by atoms with Crippen molar-refractivity contribution in [2.45, 2.75) is 13.5 Å². The molecular weight excluding hydrogens is 372 g/mol. The van der Waals surface area contributed by atoms with Gasteiger partial charge in [0.1, 0.15) is 13.2 Å². The number of fused-ring (bicyclic) bond motifs is 2. The average Bonchev–Trinajstić information content (AvgIpc) is 2.72. The number of carbonyl (C=O) groups is 1. The Kier molecular flexibility index (Phi) is 5.22. The number of H-pyrrole nitrogens is 1. The summed E-state index contributed by atoms with van der Waals surface area (Å²) in [7, 11) is 0. The van der Waals surface area contributed by atoms with Crippen molar-refractivity contribution in [1.29, 1.82) is 0 Å². The van der Waals surface area contributed by atoms with Gasteiger partial charge in [-0.05, 0) is 31.2 Å². The van der Waals surface area contributed by atoms with Gasteiger partial charge in [0.25, 0.3) is 11.5 Å². The fourth-order valence-electron chi connectivity index (χ4n) is 3.36. The van der Waals surface area contributed by atoms with Gasteiger partial charge in [-0.15, -0.1) is 0 Å². The molecular formula is C22H22N2O5. The number of pyridine rings is 1. The van der Waals surface area contributed by atoms with Gasteiger partial charge in [0.2, 0.25) is 0 Å². The quantitative estimate of drug-likeness (QED) is 0.693. The van der Waals surface area contributed by atoms with Crippen molar-refractivity contribution in [3.63, 3.8) is 0 Å². The number of hydrogen-bond acceptors (Lipinski definition) is 5. The van der Waals surface area contributed by atoms with Crippen LogP contribution in [0.5, 0.6) is 11.5 Å². The van der Waals surface area contributed by atoms with Crippen LogP contribution >= 0.6 is 0 Å². The number of aliphatic hydroxyl groups excluding tert-OH is 1. The van der Waals surface area contributed by atoms with Crippen LogP contribution in [-0.4, -0.2) is 47.3 Å². The Hall–Kier alpha value is -3.32. The minimum absolute atomic E-state index is 0.0903. The SMILES string of the molecule is Cc1ccc(C(=O)N(CCO)Cc2cc3cc4c(cc3[nH]c2=O)OCCO4)cc1. The molecule has 3 aromatic rings. The van der Waals surface area contributed by atoms with Crippen LogP contribution in [0.25, 0.3) is 10.9 Å². The lowest BCUT2D eigenvalue weighted by Crippen LogP contribution is -2.35. The number of aliphatic hydroxyl groups is 1. The number of carbonyl (C=O) groups excluding carboxylic acids is 1. The molecule has 7 nitrogen and oxygen atoms in total. The van der Waals surface area contributed by atoms with E-state index in [9.17, 15) is 14.7 Å². The van der Waals surface area contributed by atoms with Gasteiger partial charge in [-0.1, -0.05) is 17.7 Å². The topological polar surface area (TPSA) is 91.9 Å². The number of aromatic nitrogens is 1. The summed E-state index contributed by atoms with van der Waals surface area (Å²) >= 11 is 0. The van der Waals surface area contributed by atoms with E-state index in [0.717, 1.165) is 10.9 Å². The monoisotopic (exact) mass is 394 g/mol. The third-order valence-electron chi connectivity index (χ3n) is 4.90. The fraction of sp³-hybridized carbons (Fsp3) is 0.273. The van der Waals surface area contributed by atoms with Crippen LogP contribution in [0.3, 0.4) is 0 Å². The third-order valence-corrected chi connectivity index (χ3v) is 4.90. The Morgan fingerprint density at radius 2 is 1.79 bits per heavy atom. The number of aromatic amines is 1. The number of nitrogens with zero attached hydrogens (tertiary/aromatic N) is 1. The summed E-state index contributed by atoms with van der Waals surface area (Å²) in [5.41, 5.74) is 2.36. The van der Waals surface area contributed by atoms with E-state index in [1.54, 1.807) is 24.3 Å². The molecule has 29 heavy (non-hydrogen) atoms. The summed E-state index contributed by atoms with van der Waals surface area (Å²) in [5.74, 6) is 0.994. The van der Waals surface area contributed by atoms with E-state index in [1.807, 2.05) is 25.1 Å². The number of nitrogens with one attached hydrogen (secondary N) is 1. The molecule has 0 saturated heterocycles. The predicted molar refractivity (Wildman–Crippen MR) is 109 cm³/mol. The first-order valence-electron chi connectivity index (χ1n) is 9.47. The second kappa shape index (κ2) is 7.97. The molecule has 1 aliphatic heterocycles. The molecule has 0 unspecified atom stereocenters. The lowest BCUT2D eigenvalue weighted by Gasteiger charge is -2.22. The zero-order valence-electron chi connectivity index (χ0n) is 16.1. The molecule has 150 valence electrons. The van der Waals surface area contributed by atoms with E-state index in [4.69, 9.17) is 9.47 Å². The van der Waals surface area contributed by atoms with Crippen LogP contribution in [0.1, 0.15) is 21.5 Å². The van der Waals surface area contributed by atoms with Crippen molar-refractivity contribution < 1.29 is 19.4 Å². The molecule has 4 rings (SSSR count). The van der Waals surface area contributed by atoms with Gasteiger partial charge < -0.3 is 24.5 Å². The van der Waals surface area contributed by atoms with Gasteiger partial charge in [-0.2, -0.15) is 0 Å². The zero-order valence-corrected chi connectivity index (χ0v) is 16.1. The van der Waals surface area contributed by atoms with Crippen molar-refractivity contribution in [3.8, 4) is 11.5 Å². The molecule has 2 N–H and O–H groups in total. The lowest BCUT2D eigenvalue weighted by atomic mass is 10.1. The van der Waals surface area contributed by atoms with Crippen LogP contribution in [0, 0.1) is 6.92 Å². The molecule has 0 aliphatic carbocycles. The van der Waals surface area contributed by atoms with Crippen LogP contribution in [0.4, 0.5) is 0 Å². The largest absolute Gasteiger partial charge is 0.486 e. The van der Waals surface area contributed by atoms with Crippen LogP contribution in [0.15, 0.2) is 47.3 Å². The summed E-state index contributed by atoms with van der Waals surface area (Å²) in [6, 6.07) is 12.5. The first-order valence-corrected chi connectivity index (χ1v) is 9.47. The minimum Gasteiger partial charge on any atom is -0.486 e. The van der Waals surface area contributed by atoms with E-state index < -0.39 is 0 Å². The first kappa shape index (κ1) is 19.0. The van der Waals surface area contributed by atoms with Gasteiger partial charge in [0.05, 0.1) is 18.7 Å².